The number of hydrogen-bond donors (Lipinski definition) is 1. The fourth-order valence-corrected chi connectivity index (χ4v) is 5.08. The van der Waals surface area contributed by atoms with E-state index < -0.39 is 10.0 Å². The van der Waals surface area contributed by atoms with Crippen LogP contribution in [0.4, 0.5) is 0 Å². The van der Waals surface area contributed by atoms with Gasteiger partial charge in [-0.25, -0.2) is 18.1 Å². The molecule has 1 N–H and O–H groups in total. The van der Waals surface area contributed by atoms with Crippen LogP contribution in [0.1, 0.15) is 17.8 Å². The van der Waals surface area contributed by atoms with Crippen molar-refractivity contribution in [3.63, 3.8) is 0 Å². The Hall–Kier alpha value is -1.77. The van der Waals surface area contributed by atoms with Crippen molar-refractivity contribution in [3.8, 4) is 0 Å². The van der Waals surface area contributed by atoms with Crippen molar-refractivity contribution in [2.45, 2.75) is 30.5 Å². The van der Waals surface area contributed by atoms with Gasteiger partial charge in [0.15, 0.2) is 5.03 Å². The van der Waals surface area contributed by atoms with Gasteiger partial charge in [-0.3, -0.25) is 9.88 Å². The smallest absolute Gasteiger partial charge is 0.260 e. The second-order valence-corrected chi connectivity index (χ2v) is 8.61. The first-order valence-electron chi connectivity index (χ1n) is 8.03. The number of hydrogen-bond acceptors (Lipinski definition) is 5. The monoisotopic (exact) mass is 347 g/mol. The van der Waals surface area contributed by atoms with Gasteiger partial charge in [0, 0.05) is 38.6 Å². The molecular weight excluding hydrogens is 326 g/mol. The number of aryl methyl sites for hydroxylation is 2. The van der Waals surface area contributed by atoms with Gasteiger partial charge >= 0.3 is 0 Å². The molecule has 8 heteroatoms. The molecule has 0 aromatic carbocycles. The maximum atomic E-state index is 12.5. The number of fused-ring (bicyclic) bond motifs is 1. The summed E-state index contributed by atoms with van der Waals surface area (Å²) in [6.45, 7) is 4.36. The Bertz CT molecular complexity index is 878. The van der Waals surface area contributed by atoms with Crippen LogP contribution in [0.15, 0.2) is 35.7 Å². The average Bonchev–Trinajstić information content (AvgIpc) is 2.83. The molecule has 4 rings (SSSR count). The molecule has 1 aliphatic carbocycles. The Kier molecular flexibility index (Phi) is 3.52. The summed E-state index contributed by atoms with van der Waals surface area (Å²) in [5.41, 5.74) is 1.70. The summed E-state index contributed by atoms with van der Waals surface area (Å²) in [5.74, 6) is 0.376. The largest absolute Gasteiger partial charge is 0.339 e. The summed E-state index contributed by atoms with van der Waals surface area (Å²) >= 11 is 0. The lowest BCUT2D eigenvalue weighted by atomic mass is 10.2. The molecular formula is C16H21N5O2S. The lowest BCUT2D eigenvalue weighted by molar-refractivity contribution is 0.283. The zero-order chi connectivity index (χ0) is 16.9. The van der Waals surface area contributed by atoms with Crippen LogP contribution in [0, 0.1) is 12.8 Å². The molecule has 7 nitrogen and oxygen atoms in total. The molecule has 0 radical (unpaired) electrons. The molecule has 2 unspecified atom stereocenters. The van der Waals surface area contributed by atoms with Crippen molar-refractivity contribution < 1.29 is 8.42 Å². The Labute approximate surface area is 141 Å². The minimum atomic E-state index is -3.57. The van der Waals surface area contributed by atoms with E-state index in [9.17, 15) is 8.42 Å². The van der Waals surface area contributed by atoms with E-state index >= 15 is 0 Å². The van der Waals surface area contributed by atoms with Gasteiger partial charge in [-0.1, -0.05) is 6.07 Å². The van der Waals surface area contributed by atoms with Crippen LogP contribution in [0.25, 0.3) is 0 Å². The zero-order valence-corrected chi connectivity index (χ0v) is 14.6. The summed E-state index contributed by atoms with van der Waals surface area (Å²) in [5, 5.41) is 0.0869. The van der Waals surface area contributed by atoms with Crippen molar-refractivity contribution in [2.75, 3.05) is 13.1 Å². The number of likely N-dealkylation sites (tertiary alicyclic amines) is 1. The normalized spacial score (nSPS) is 26.5. The number of nitrogens with zero attached hydrogens (tertiary/aromatic N) is 4. The van der Waals surface area contributed by atoms with Crippen LogP contribution < -0.4 is 4.72 Å². The number of imidazole rings is 1. The fourth-order valence-electron chi connectivity index (χ4n) is 3.63. The van der Waals surface area contributed by atoms with Crippen molar-refractivity contribution in [1.82, 2.24) is 24.2 Å². The number of sulfonamides is 1. The molecule has 3 heterocycles. The average molecular weight is 347 g/mol. The van der Waals surface area contributed by atoms with E-state index in [4.69, 9.17) is 0 Å². The van der Waals surface area contributed by atoms with Crippen LogP contribution in [-0.2, 0) is 23.6 Å². The van der Waals surface area contributed by atoms with Gasteiger partial charge in [-0.15, -0.1) is 0 Å². The van der Waals surface area contributed by atoms with Gasteiger partial charge < -0.3 is 4.57 Å². The predicted octanol–water partition coefficient (Wildman–Crippen LogP) is 0.676. The molecule has 0 amide bonds. The van der Waals surface area contributed by atoms with E-state index in [1.54, 1.807) is 11.6 Å². The lowest BCUT2D eigenvalue weighted by Gasteiger charge is -2.21. The summed E-state index contributed by atoms with van der Waals surface area (Å²) < 4.78 is 29.6. The standard InChI is InChI=1S/C16H21N5O2S/c1-12-4-3-5-14(18-12)8-21-7-13-6-16(13,10-21)19-24(22,23)15-9-20(2)11-17-15/h3-5,9,11,13,19H,6-8,10H2,1-2H3. The van der Waals surface area contributed by atoms with E-state index in [1.807, 2.05) is 25.1 Å². The van der Waals surface area contributed by atoms with Crippen molar-refractivity contribution in [1.29, 1.82) is 0 Å². The third kappa shape index (κ3) is 2.85. The molecule has 1 saturated heterocycles. The molecule has 2 aromatic rings. The minimum Gasteiger partial charge on any atom is -0.339 e. The Morgan fingerprint density at radius 1 is 1.42 bits per heavy atom. The summed E-state index contributed by atoms with van der Waals surface area (Å²) in [6, 6.07) is 6.00. The van der Waals surface area contributed by atoms with E-state index in [2.05, 4.69) is 19.6 Å². The second kappa shape index (κ2) is 5.37. The lowest BCUT2D eigenvalue weighted by Crippen LogP contribution is -2.42. The molecule has 2 atom stereocenters. The van der Waals surface area contributed by atoms with Gasteiger partial charge in [-0.2, -0.15) is 0 Å². The van der Waals surface area contributed by atoms with Crippen LogP contribution in [0.3, 0.4) is 0 Å². The van der Waals surface area contributed by atoms with Crippen molar-refractivity contribution in [3.05, 3.63) is 42.1 Å². The number of nitrogens with one attached hydrogen (secondary N) is 1. The minimum absolute atomic E-state index is 0.0869. The second-order valence-electron chi connectivity index (χ2n) is 6.98. The third-order valence-corrected chi connectivity index (χ3v) is 6.28. The number of pyridine rings is 1. The van der Waals surface area contributed by atoms with Crippen LogP contribution in [-0.4, -0.2) is 46.5 Å². The predicted molar refractivity (Wildman–Crippen MR) is 88.6 cm³/mol. The number of piperidine rings is 1. The topological polar surface area (TPSA) is 80.1 Å². The van der Waals surface area contributed by atoms with Gasteiger partial charge in [0.2, 0.25) is 0 Å². The molecule has 1 saturated carbocycles. The first-order valence-corrected chi connectivity index (χ1v) is 9.51. The summed E-state index contributed by atoms with van der Waals surface area (Å²) in [4.78, 5) is 10.8. The molecule has 2 aliphatic rings. The van der Waals surface area contributed by atoms with Gasteiger partial charge in [0.1, 0.15) is 0 Å². The van der Waals surface area contributed by atoms with E-state index in [-0.39, 0.29) is 10.6 Å². The highest BCUT2D eigenvalue weighted by Crippen LogP contribution is 2.50. The highest BCUT2D eigenvalue weighted by molar-refractivity contribution is 7.89. The maximum Gasteiger partial charge on any atom is 0.260 e. The molecule has 2 fully saturated rings. The fraction of sp³-hybridized carbons (Fsp3) is 0.500. The summed E-state index contributed by atoms with van der Waals surface area (Å²) in [6.07, 6.45) is 3.93. The third-order valence-electron chi connectivity index (χ3n) is 4.84. The molecule has 24 heavy (non-hydrogen) atoms. The maximum absolute atomic E-state index is 12.5. The summed E-state index contributed by atoms with van der Waals surface area (Å²) in [7, 11) is -1.81. The van der Waals surface area contributed by atoms with Gasteiger partial charge in [0.05, 0.1) is 17.6 Å². The van der Waals surface area contributed by atoms with Crippen LogP contribution in [0.5, 0.6) is 0 Å². The highest BCUT2D eigenvalue weighted by atomic mass is 32.2. The van der Waals surface area contributed by atoms with Gasteiger partial charge in [0.25, 0.3) is 10.0 Å². The number of aromatic nitrogens is 3. The van der Waals surface area contributed by atoms with Crippen LogP contribution >= 0.6 is 0 Å². The molecule has 128 valence electrons. The van der Waals surface area contributed by atoms with Gasteiger partial charge in [-0.05, 0) is 31.4 Å². The molecule has 0 bridgehead atoms. The van der Waals surface area contributed by atoms with Crippen molar-refractivity contribution >= 4 is 10.0 Å². The first-order chi connectivity index (χ1) is 11.4. The molecule has 0 spiro atoms. The van der Waals surface area contributed by atoms with Crippen LogP contribution in [0.2, 0.25) is 0 Å². The van der Waals surface area contributed by atoms with E-state index in [1.165, 1.54) is 12.5 Å². The first kappa shape index (κ1) is 15.7. The van der Waals surface area contributed by atoms with Crippen molar-refractivity contribution in [2.24, 2.45) is 13.0 Å². The molecule has 2 aromatic heterocycles. The van der Waals surface area contributed by atoms with E-state index in [0.717, 1.165) is 37.4 Å². The molecule has 1 aliphatic heterocycles. The highest BCUT2D eigenvalue weighted by Gasteiger charge is 2.61. The zero-order valence-electron chi connectivity index (χ0n) is 13.8. The number of rotatable bonds is 5. The SMILES string of the molecule is Cc1cccc(CN2CC3CC3(NS(=O)(=O)c3cn(C)cn3)C2)n1. The Balaban J connectivity index is 1.45. The Morgan fingerprint density at radius 2 is 2.25 bits per heavy atom. The quantitative estimate of drug-likeness (QED) is 0.860. The Morgan fingerprint density at radius 3 is 2.96 bits per heavy atom. The van der Waals surface area contributed by atoms with E-state index in [0.29, 0.717) is 5.92 Å².